The lowest BCUT2D eigenvalue weighted by molar-refractivity contribution is -0.116. The second-order valence-corrected chi connectivity index (χ2v) is 7.35. The predicted molar refractivity (Wildman–Crippen MR) is 98.8 cm³/mol. The number of hydrogen-bond donors (Lipinski definition) is 1. The Hall–Kier alpha value is -1.54. The molecule has 130 valence electrons. The summed E-state index contributed by atoms with van der Waals surface area (Å²) in [7, 11) is 0. The van der Waals surface area contributed by atoms with Crippen LogP contribution in [0.15, 0.2) is 5.16 Å². The van der Waals surface area contributed by atoms with Gasteiger partial charge in [-0.1, -0.05) is 36.4 Å². The second kappa shape index (κ2) is 9.08. The van der Waals surface area contributed by atoms with Crippen molar-refractivity contribution >= 4 is 34.1 Å². The SMILES string of the molecule is CCCCc1nnc(NC(=O)CCc2c(C)nc(SC)nc2C)s1. The van der Waals surface area contributed by atoms with Gasteiger partial charge >= 0.3 is 0 Å². The number of hydrogen-bond acceptors (Lipinski definition) is 7. The number of anilines is 1. The van der Waals surface area contributed by atoms with Gasteiger partial charge in [-0.05, 0) is 38.5 Å². The molecule has 2 aromatic heterocycles. The summed E-state index contributed by atoms with van der Waals surface area (Å²) in [6.07, 6.45) is 6.09. The third kappa shape index (κ3) is 5.24. The number of amides is 1. The van der Waals surface area contributed by atoms with E-state index in [1.54, 1.807) is 0 Å². The quantitative estimate of drug-likeness (QED) is 0.569. The fourth-order valence-electron chi connectivity index (χ4n) is 2.32. The normalized spacial score (nSPS) is 10.8. The van der Waals surface area contributed by atoms with E-state index in [9.17, 15) is 4.79 Å². The molecule has 8 heteroatoms. The van der Waals surface area contributed by atoms with E-state index >= 15 is 0 Å². The largest absolute Gasteiger partial charge is 0.301 e. The highest BCUT2D eigenvalue weighted by molar-refractivity contribution is 7.98. The summed E-state index contributed by atoms with van der Waals surface area (Å²) >= 11 is 2.98. The lowest BCUT2D eigenvalue weighted by Gasteiger charge is -2.09. The molecule has 2 aromatic rings. The Kier molecular flexibility index (Phi) is 7.11. The first-order chi connectivity index (χ1) is 11.5. The Morgan fingerprint density at radius 2 is 1.88 bits per heavy atom. The molecule has 0 unspecified atom stereocenters. The Labute approximate surface area is 150 Å². The van der Waals surface area contributed by atoms with Crippen molar-refractivity contribution in [1.82, 2.24) is 20.2 Å². The molecule has 0 aromatic carbocycles. The van der Waals surface area contributed by atoms with Crippen molar-refractivity contribution in [2.45, 2.75) is 58.0 Å². The van der Waals surface area contributed by atoms with E-state index in [4.69, 9.17) is 0 Å². The van der Waals surface area contributed by atoms with E-state index in [-0.39, 0.29) is 5.91 Å². The van der Waals surface area contributed by atoms with Crippen LogP contribution in [0.5, 0.6) is 0 Å². The van der Waals surface area contributed by atoms with Gasteiger partial charge in [0.1, 0.15) is 5.01 Å². The smallest absolute Gasteiger partial charge is 0.226 e. The molecule has 0 spiro atoms. The maximum Gasteiger partial charge on any atom is 0.226 e. The zero-order chi connectivity index (χ0) is 17.5. The highest BCUT2D eigenvalue weighted by Gasteiger charge is 2.12. The number of aromatic nitrogens is 4. The molecule has 0 saturated heterocycles. The molecule has 0 aliphatic rings. The molecule has 2 heterocycles. The van der Waals surface area contributed by atoms with Gasteiger partial charge < -0.3 is 5.32 Å². The molecule has 0 bridgehead atoms. The van der Waals surface area contributed by atoms with Crippen molar-refractivity contribution in [3.8, 4) is 0 Å². The molecule has 0 aliphatic carbocycles. The summed E-state index contributed by atoms with van der Waals surface area (Å²) in [5, 5.41) is 13.3. The van der Waals surface area contributed by atoms with Gasteiger partial charge in [0.15, 0.2) is 5.16 Å². The third-order valence-corrected chi connectivity index (χ3v) is 5.09. The summed E-state index contributed by atoms with van der Waals surface area (Å²) in [6, 6.07) is 0. The summed E-state index contributed by atoms with van der Waals surface area (Å²) in [4.78, 5) is 21.0. The minimum Gasteiger partial charge on any atom is -0.301 e. The number of rotatable bonds is 8. The van der Waals surface area contributed by atoms with Crippen LogP contribution in [0, 0.1) is 13.8 Å². The van der Waals surface area contributed by atoms with Gasteiger partial charge in [-0.25, -0.2) is 9.97 Å². The highest BCUT2D eigenvalue weighted by Crippen LogP contribution is 2.19. The van der Waals surface area contributed by atoms with Crippen LogP contribution >= 0.6 is 23.1 Å². The molecule has 6 nitrogen and oxygen atoms in total. The fraction of sp³-hybridized carbons (Fsp3) is 0.562. The first-order valence-corrected chi connectivity index (χ1v) is 10.1. The molecule has 0 radical (unpaired) electrons. The van der Waals surface area contributed by atoms with E-state index in [1.165, 1.54) is 23.1 Å². The Morgan fingerprint density at radius 3 is 2.50 bits per heavy atom. The summed E-state index contributed by atoms with van der Waals surface area (Å²) in [5.74, 6) is -0.0547. The van der Waals surface area contributed by atoms with E-state index in [0.29, 0.717) is 18.0 Å². The zero-order valence-electron chi connectivity index (χ0n) is 14.5. The number of carbonyl (C=O) groups is 1. The average molecular weight is 366 g/mol. The molecule has 0 aliphatic heterocycles. The molecule has 0 atom stereocenters. The van der Waals surface area contributed by atoms with E-state index in [0.717, 1.165) is 46.4 Å². The van der Waals surface area contributed by atoms with Gasteiger partial charge in [-0.2, -0.15) is 0 Å². The Morgan fingerprint density at radius 1 is 1.17 bits per heavy atom. The summed E-state index contributed by atoms with van der Waals surface area (Å²) in [6.45, 7) is 6.07. The average Bonchev–Trinajstić information content (AvgIpc) is 2.99. The van der Waals surface area contributed by atoms with Crippen molar-refractivity contribution in [3.63, 3.8) is 0 Å². The Bertz CT molecular complexity index is 679. The van der Waals surface area contributed by atoms with Gasteiger partial charge in [-0.15, -0.1) is 10.2 Å². The van der Waals surface area contributed by atoms with Crippen molar-refractivity contribution < 1.29 is 4.79 Å². The molecule has 1 N–H and O–H groups in total. The van der Waals surface area contributed by atoms with Crippen LogP contribution in [-0.4, -0.2) is 32.3 Å². The maximum absolute atomic E-state index is 12.1. The van der Waals surface area contributed by atoms with Crippen molar-refractivity contribution in [2.75, 3.05) is 11.6 Å². The summed E-state index contributed by atoms with van der Waals surface area (Å²) in [5.41, 5.74) is 2.93. The van der Waals surface area contributed by atoms with Gasteiger partial charge in [0.25, 0.3) is 0 Å². The van der Waals surface area contributed by atoms with Crippen molar-refractivity contribution in [3.05, 3.63) is 22.0 Å². The van der Waals surface area contributed by atoms with Crippen LogP contribution < -0.4 is 5.32 Å². The molecular weight excluding hydrogens is 342 g/mol. The predicted octanol–water partition coefficient (Wildman–Crippen LogP) is 3.58. The minimum absolute atomic E-state index is 0.0547. The Balaban J connectivity index is 1.90. The van der Waals surface area contributed by atoms with E-state index < -0.39 is 0 Å². The van der Waals surface area contributed by atoms with Crippen LogP contribution in [0.3, 0.4) is 0 Å². The standard InChI is InChI=1S/C16H23N5OS2/c1-5-6-7-14-20-21-16(24-14)19-13(22)9-8-12-10(2)17-15(23-4)18-11(12)3/h5-9H2,1-4H3,(H,19,21,22). The monoisotopic (exact) mass is 365 g/mol. The number of carbonyl (C=O) groups excluding carboxylic acids is 1. The molecule has 0 saturated carbocycles. The first-order valence-electron chi connectivity index (χ1n) is 8.03. The maximum atomic E-state index is 12.1. The first kappa shape index (κ1) is 18.8. The number of thioether (sulfide) groups is 1. The number of unbranched alkanes of at least 4 members (excludes halogenated alkanes) is 1. The van der Waals surface area contributed by atoms with E-state index in [2.05, 4.69) is 32.4 Å². The fourth-order valence-corrected chi connectivity index (χ4v) is 3.57. The molecule has 1 amide bonds. The van der Waals surface area contributed by atoms with Crippen LogP contribution in [0.25, 0.3) is 0 Å². The zero-order valence-corrected chi connectivity index (χ0v) is 16.2. The van der Waals surface area contributed by atoms with Gasteiger partial charge in [0, 0.05) is 24.2 Å². The topological polar surface area (TPSA) is 80.7 Å². The van der Waals surface area contributed by atoms with Crippen molar-refractivity contribution in [2.24, 2.45) is 0 Å². The van der Waals surface area contributed by atoms with Gasteiger partial charge in [0.05, 0.1) is 0 Å². The number of nitrogens with zero attached hydrogens (tertiary/aromatic N) is 4. The van der Waals surface area contributed by atoms with Crippen LogP contribution in [0.1, 0.15) is 48.1 Å². The molecule has 2 rings (SSSR count). The molecule has 24 heavy (non-hydrogen) atoms. The summed E-state index contributed by atoms with van der Waals surface area (Å²) < 4.78 is 0. The third-order valence-electron chi connectivity index (χ3n) is 3.64. The van der Waals surface area contributed by atoms with Crippen LogP contribution in [0.2, 0.25) is 0 Å². The van der Waals surface area contributed by atoms with Gasteiger partial charge in [-0.3, -0.25) is 4.79 Å². The number of nitrogens with one attached hydrogen (secondary N) is 1. The molecule has 0 fully saturated rings. The van der Waals surface area contributed by atoms with Gasteiger partial charge in [0.2, 0.25) is 11.0 Å². The van der Waals surface area contributed by atoms with Crippen LogP contribution in [0.4, 0.5) is 5.13 Å². The number of aryl methyl sites for hydroxylation is 3. The molecular formula is C16H23N5OS2. The second-order valence-electron chi connectivity index (χ2n) is 5.51. The lowest BCUT2D eigenvalue weighted by Crippen LogP contribution is -2.13. The van der Waals surface area contributed by atoms with E-state index in [1.807, 2.05) is 20.1 Å². The lowest BCUT2D eigenvalue weighted by atomic mass is 10.1. The minimum atomic E-state index is -0.0547. The van der Waals surface area contributed by atoms with Crippen molar-refractivity contribution in [1.29, 1.82) is 0 Å². The van der Waals surface area contributed by atoms with Crippen LogP contribution in [-0.2, 0) is 17.6 Å². The highest BCUT2D eigenvalue weighted by atomic mass is 32.2.